The Morgan fingerprint density at radius 3 is 3.00 bits per heavy atom. The molecule has 5 nitrogen and oxygen atoms in total. The van der Waals surface area contributed by atoms with E-state index < -0.39 is 0 Å². The minimum atomic E-state index is -0.257. The lowest BCUT2D eigenvalue weighted by atomic mass is 9.98. The molecule has 3 heterocycles. The summed E-state index contributed by atoms with van der Waals surface area (Å²) in [4.78, 5) is 2.42. The number of nitrogens with zero attached hydrogens (tertiary/aromatic N) is 4. The molecular weight excluding hydrogens is 319 g/mol. The van der Waals surface area contributed by atoms with Gasteiger partial charge in [-0.1, -0.05) is 17.6 Å². The molecule has 1 fully saturated rings. The molecule has 6 heteroatoms. The second-order valence-corrected chi connectivity index (χ2v) is 6.62. The average Bonchev–Trinajstić information content (AvgIpc) is 3.25. The van der Waals surface area contributed by atoms with Gasteiger partial charge in [-0.05, 0) is 44.5 Å². The predicted molar refractivity (Wildman–Crippen MR) is 91.8 cm³/mol. The predicted octanol–water partition coefficient (Wildman–Crippen LogP) is 4.04. The highest BCUT2D eigenvalue weighted by atomic mass is 19.1. The molecule has 1 aliphatic rings. The standard InChI is InChI=1S/C19H21FN4O/c1-14-9-18(22-25-14)19-7-2-3-8-23(19)12-15-11-21-24(13-15)17-6-4-5-16(20)10-17/h4-6,9-11,13,19H,2-3,7-8,12H2,1H3/t19-/m0/s1. The summed E-state index contributed by atoms with van der Waals surface area (Å²) in [5, 5.41) is 8.60. The zero-order valence-electron chi connectivity index (χ0n) is 14.2. The third kappa shape index (κ3) is 3.49. The van der Waals surface area contributed by atoms with Gasteiger partial charge in [0, 0.05) is 24.4 Å². The quantitative estimate of drug-likeness (QED) is 0.719. The van der Waals surface area contributed by atoms with E-state index in [1.807, 2.05) is 31.5 Å². The second kappa shape index (κ2) is 6.80. The molecule has 1 aliphatic heterocycles. The van der Waals surface area contributed by atoms with Crippen LogP contribution in [0.1, 0.15) is 42.3 Å². The third-order valence-corrected chi connectivity index (χ3v) is 4.70. The highest BCUT2D eigenvalue weighted by Gasteiger charge is 2.26. The van der Waals surface area contributed by atoms with Crippen molar-refractivity contribution in [3.8, 4) is 5.69 Å². The van der Waals surface area contributed by atoms with Crippen molar-refractivity contribution in [1.82, 2.24) is 19.8 Å². The zero-order valence-corrected chi connectivity index (χ0v) is 14.2. The number of rotatable bonds is 4. The molecule has 3 aromatic rings. The first-order valence-corrected chi connectivity index (χ1v) is 8.66. The molecule has 1 aromatic carbocycles. The van der Waals surface area contributed by atoms with Gasteiger partial charge in [-0.3, -0.25) is 4.90 Å². The molecule has 0 spiro atoms. The van der Waals surface area contributed by atoms with E-state index in [1.54, 1.807) is 10.7 Å². The van der Waals surface area contributed by atoms with Crippen LogP contribution in [0.15, 0.2) is 47.2 Å². The lowest BCUT2D eigenvalue weighted by molar-refractivity contribution is 0.134. The Morgan fingerprint density at radius 1 is 1.28 bits per heavy atom. The molecule has 25 heavy (non-hydrogen) atoms. The summed E-state index contributed by atoms with van der Waals surface area (Å²) in [7, 11) is 0. The van der Waals surface area contributed by atoms with E-state index in [1.165, 1.54) is 25.0 Å². The van der Waals surface area contributed by atoms with Gasteiger partial charge in [-0.2, -0.15) is 5.10 Å². The van der Waals surface area contributed by atoms with E-state index in [-0.39, 0.29) is 11.9 Å². The van der Waals surface area contributed by atoms with Crippen molar-refractivity contribution in [1.29, 1.82) is 0 Å². The molecule has 0 amide bonds. The molecule has 0 N–H and O–H groups in total. The maximum absolute atomic E-state index is 13.4. The van der Waals surface area contributed by atoms with Crippen molar-refractivity contribution in [3.05, 3.63) is 65.6 Å². The van der Waals surface area contributed by atoms with Gasteiger partial charge in [0.15, 0.2) is 0 Å². The van der Waals surface area contributed by atoms with Crippen LogP contribution in [0.25, 0.3) is 5.69 Å². The van der Waals surface area contributed by atoms with Crippen molar-refractivity contribution < 1.29 is 8.91 Å². The summed E-state index contributed by atoms with van der Waals surface area (Å²) in [6.07, 6.45) is 7.30. The SMILES string of the molecule is Cc1cc([C@@H]2CCCCN2Cc2cnn(-c3cccc(F)c3)c2)no1. The summed E-state index contributed by atoms with van der Waals surface area (Å²) < 4.78 is 20.4. The number of benzene rings is 1. The van der Waals surface area contributed by atoms with Crippen LogP contribution >= 0.6 is 0 Å². The van der Waals surface area contributed by atoms with Crippen molar-refractivity contribution in [2.75, 3.05) is 6.54 Å². The highest BCUT2D eigenvalue weighted by molar-refractivity contribution is 5.31. The second-order valence-electron chi connectivity index (χ2n) is 6.62. The number of hydrogen-bond acceptors (Lipinski definition) is 4. The molecule has 1 atom stereocenters. The number of hydrogen-bond donors (Lipinski definition) is 0. The van der Waals surface area contributed by atoms with Crippen LogP contribution in [0, 0.1) is 12.7 Å². The molecule has 0 aliphatic carbocycles. The van der Waals surface area contributed by atoms with Gasteiger partial charge >= 0.3 is 0 Å². The van der Waals surface area contributed by atoms with Crippen LogP contribution in [0.2, 0.25) is 0 Å². The molecule has 130 valence electrons. The van der Waals surface area contributed by atoms with Gasteiger partial charge < -0.3 is 4.52 Å². The monoisotopic (exact) mass is 340 g/mol. The summed E-state index contributed by atoms with van der Waals surface area (Å²) >= 11 is 0. The van der Waals surface area contributed by atoms with E-state index in [2.05, 4.69) is 15.2 Å². The van der Waals surface area contributed by atoms with Crippen LogP contribution in [-0.2, 0) is 6.54 Å². The van der Waals surface area contributed by atoms with Crippen LogP contribution in [0.3, 0.4) is 0 Å². The number of likely N-dealkylation sites (tertiary alicyclic amines) is 1. The third-order valence-electron chi connectivity index (χ3n) is 4.70. The van der Waals surface area contributed by atoms with E-state index in [9.17, 15) is 4.39 Å². The molecule has 0 saturated carbocycles. The fourth-order valence-corrected chi connectivity index (χ4v) is 3.49. The maximum atomic E-state index is 13.4. The zero-order chi connectivity index (χ0) is 17.2. The first kappa shape index (κ1) is 16.0. The maximum Gasteiger partial charge on any atom is 0.133 e. The first-order chi connectivity index (χ1) is 12.2. The Hall–Kier alpha value is -2.47. The van der Waals surface area contributed by atoms with Crippen LogP contribution in [0.4, 0.5) is 4.39 Å². The summed E-state index contributed by atoms with van der Waals surface area (Å²) in [6, 6.07) is 8.77. The minimum Gasteiger partial charge on any atom is -0.361 e. The Labute approximate surface area is 146 Å². The lowest BCUT2D eigenvalue weighted by Crippen LogP contribution is -2.33. The molecule has 4 rings (SSSR count). The number of aryl methyl sites for hydroxylation is 1. The highest BCUT2D eigenvalue weighted by Crippen LogP contribution is 2.31. The molecule has 0 bridgehead atoms. The van der Waals surface area contributed by atoms with E-state index in [0.29, 0.717) is 0 Å². The van der Waals surface area contributed by atoms with E-state index in [4.69, 9.17) is 4.52 Å². The van der Waals surface area contributed by atoms with Crippen LogP contribution < -0.4 is 0 Å². The molecule has 1 saturated heterocycles. The van der Waals surface area contributed by atoms with E-state index in [0.717, 1.165) is 42.2 Å². The van der Waals surface area contributed by atoms with Crippen molar-refractivity contribution in [3.63, 3.8) is 0 Å². The number of piperidine rings is 1. The number of halogens is 1. The van der Waals surface area contributed by atoms with Crippen LogP contribution in [0.5, 0.6) is 0 Å². The summed E-state index contributed by atoms with van der Waals surface area (Å²) in [5.41, 5.74) is 2.85. The van der Waals surface area contributed by atoms with Crippen molar-refractivity contribution in [2.24, 2.45) is 0 Å². The minimum absolute atomic E-state index is 0.257. The fourth-order valence-electron chi connectivity index (χ4n) is 3.49. The first-order valence-electron chi connectivity index (χ1n) is 8.66. The van der Waals surface area contributed by atoms with Gasteiger partial charge in [0.1, 0.15) is 17.3 Å². The van der Waals surface area contributed by atoms with Gasteiger partial charge in [0.25, 0.3) is 0 Å². The Kier molecular flexibility index (Phi) is 4.36. The van der Waals surface area contributed by atoms with Gasteiger partial charge in [-0.15, -0.1) is 0 Å². The Bertz CT molecular complexity index is 856. The topological polar surface area (TPSA) is 47.1 Å². The number of aromatic nitrogens is 3. The van der Waals surface area contributed by atoms with Crippen molar-refractivity contribution >= 4 is 0 Å². The smallest absolute Gasteiger partial charge is 0.133 e. The molecule has 2 aromatic heterocycles. The van der Waals surface area contributed by atoms with Crippen molar-refractivity contribution in [2.45, 2.75) is 38.8 Å². The average molecular weight is 340 g/mol. The fraction of sp³-hybridized carbons (Fsp3) is 0.368. The van der Waals surface area contributed by atoms with Gasteiger partial charge in [0.2, 0.25) is 0 Å². The summed E-state index contributed by atoms with van der Waals surface area (Å²) in [6.45, 7) is 3.75. The normalized spacial score (nSPS) is 18.6. The molecule has 0 radical (unpaired) electrons. The Balaban J connectivity index is 1.52. The molecule has 0 unspecified atom stereocenters. The van der Waals surface area contributed by atoms with E-state index >= 15 is 0 Å². The van der Waals surface area contributed by atoms with Gasteiger partial charge in [0.05, 0.1) is 17.9 Å². The lowest BCUT2D eigenvalue weighted by Gasteiger charge is -2.34. The molecular formula is C19H21FN4O. The van der Waals surface area contributed by atoms with Crippen LogP contribution in [-0.4, -0.2) is 26.4 Å². The van der Waals surface area contributed by atoms with Gasteiger partial charge in [-0.25, -0.2) is 9.07 Å². The largest absolute Gasteiger partial charge is 0.361 e. The Morgan fingerprint density at radius 2 is 2.20 bits per heavy atom. The summed E-state index contributed by atoms with van der Waals surface area (Å²) in [5.74, 6) is 0.589.